The van der Waals surface area contributed by atoms with E-state index in [2.05, 4.69) is 13.1 Å². The Balaban J connectivity index is 4.22. The number of carbonyl (C=O) groups is 1. The lowest BCUT2D eigenvalue weighted by atomic mass is 10.3. The fourth-order valence-electron chi connectivity index (χ4n) is 1.27. The fourth-order valence-corrected chi connectivity index (χ4v) is 2.93. The molecule has 4 heteroatoms. The molecule has 0 saturated carbocycles. The highest BCUT2D eigenvalue weighted by Crippen LogP contribution is 2.16. The van der Waals surface area contributed by atoms with Gasteiger partial charge in [0.15, 0.2) is 0 Å². The molecule has 1 unspecified atom stereocenters. The van der Waals surface area contributed by atoms with Gasteiger partial charge in [0, 0.05) is 13.5 Å². The second-order valence-electron chi connectivity index (χ2n) is 3.94. The minimum absolute atomic E-state index is 0.0217. The van der Waals surface area contributed by atoms with Crippen molar-refractivity contribution in [3.63, 3.8) is 0 Å². The van der Waals surface area contributed by atoms with Crippen molar-refractivity contribution < 1.29 is 14.0 Å². The predicted octanol–water partition coefficient (Wildman–Crippen LogP) is 2.50. The third kappa shape index (κ3) is 4.24. The quantitative estimate of drug-likeness (QED) is 0.507. The van der Waals surface area contributed by atoms with Crippen molar-refractivity contribution in [3.8, 4) is 0 Å². The number of rotatable bonds is 6. The van der Waals surface area contributed by atoms with Crippen LogP contribution >= 0.6 is 0 Å². The normalized spacial score (nSPS) is 13.8. The average molecular weight is 218 g/mol. The summed E-state index contributed by atoms with van der Waals surface area (Å²) in [6.07, 6.45) is 2.18. The van der Waals surface area contributed by atoms with Gasteiger partial charge in [0.2, 0.25) is 8.32 Å². The Labute approximate surface area is 87.9 Å². The number of esters is 1. The Morgan fingerprint density at radius 3 is 2.29 bits per heavy atom. The molecule has 0 N–H and O–H groups in total. The molecule has 0 amide bonds. The molecule has 0 aliphatic carbocycles. The highest BCUT2D eigenvalue weighted by molar-refractivity contribution is 6.72. The van der Waals surface area contributed by atoms with Gasteiger partial charge in [0.1, 0.15) is 5.73 Å². The van der Waals surface area contributed by atoms with Crippen molar-refractivity contribution in [2.24, 2.45) is 0 Å². The van der Waals surface area contributed by atoms with Crippen molar-refractivity contribution >= 4 is 14.3 Å². The molecule has 0 saturated heterocycles. The van der Waals surface area contributed by atoms with Crippen molar-refractivity contribution in [1.29, 1.82) is 0 Å². The Morgan fingerprint density at radius 2 is 1.93 bits per heavy atom. The van der Waals surface area contributed by atoms with E-state index >= 15 is 0 Å². The monoisotopic (exact) mass is 218 g/mol. The van der Waals surface area contributed by atoms with Crippen LogP contribution in [0.15, 0.2) is 0 Å². The van der Waals surface area contributed by atoms with E-state index in [-0.39, 0.29) is 11.7 Å². The van der Waals surface area contributed by atoms with Crippen LogP contribution in [-0.4, -0.2) is 27.1 Å². The van der Waals surface area contributed by atoms with E-state index in [0.717, 1.165) is 12.8 Å². The van der Waals surface area contributed by atoms with Gasteiger partial charge >= 0.3 is 5.97 Å². The van der Waals surface area contributed by atoms with Crippen LogP contribution in [0, 0.1) is 0 Å². The van der Waals surface area contributed by atoms with E-state index in [1.54, 1.807) is 7.11 Å². The maximum absolute atomic E-state index is 11.3. The fraction of sp³-hybridized carbons (Fsp3) is 0.900. The molecule has 0 bridgehead atoms. The second-order valence-corrected chi connectivity index (χ2v) is 8.20. The van der Waals surface area contributed by atoms with E-state index in [1.807, 2.05) is 13.8 Å². The molecule has 0 radical (unpaired) electrons. The minimum Gasteiger partial charge on any atom is -0.463 e. The Morgan fingerprint density at radius 1 is 1.36 bits per heavy atom. The maximum Gasteiger partial charge on any atom is 0.305 e. The van der Waals surface area contributed by atoms with Crippen LogP contribution in [0.4, 0.5) is 0 Å². The molecule has 0 spiro atoms. The highest BCUT2D eigenvalue weighted by atomic mass is 28.4. The molecule has 0 aliphatic heterocycles. The van der Waals surface area contributed by atoms with Gasteiger partial charge < -0.3 is 9.16 Å². The smallest absolute Gasteiger partial charge is 0.305 e. The zero-order valence-electron chi connectivity index (χ0n) is 9.92. The lowest BCUT2D eigenvalue weighted by Gasteiger charge is -2.29. The van der Waals surface area contributed by atoms with Crippen LogP contribution in [-0.2, 0) is 14.0 Å². The predicted molar refractivity (Wildman–Crippen MR) is 59.6 cm³/mol. The maximum atomic E-state index is 11.3. The van der Waals surface area contributed by atoms with Gasteiger partial charge in [-0.3, -0.25) is 4.79 Å². The molecular weight excluding hydrogens is 196 g/mol. The molecule has 0 aromatic heterocycles. The van der Waals surface area contributed by atoms with Crippen LogP contribution in [0.25, 0.3) is 0 Å². The van der Waals surface area contributed by atoms with Crippen molar-refractivity contribution in [2.75, 3.05) is 7.11 Å². The van der Waals surface area contributed by atoms with E-state index in [1.165, 1.54) is 0 Å². The summed E-state index contributed by atoms with van der Waals surface area (Å²) in [5.74, 6) is -0.100. The number of carbonyl (C=O) groups excluding carboxylic acids is 1. The summed E-state index contributed by atoms with van der Waals surface area (Å²) in [7, 11) is -0.145. The molecule has 14 heavy (non-hydrogen) atoms. The molecular formula is C10H22O3Si. The van der Waals surface area contributed by atoms with Crippen LogP contribution < -0.4 is 0 Å². The summed E-state index contributed by atoms with van der Waals surface area (Å²) in [5, 5.41) is 0. The standard InChI is InChI=1S/C10H22O3Si/c1-6-8-9(11)13-10(7-2)14(4,5)12-3/h10H,6-8H2,1-5H3. The van der Waals surface area contributed by atoms with Crippen LogP contribution in [0.3, 0.4) is 0 Å². The van der Waals surface area contributed by atoms with E-state index in [4.69, 9.17) is 9.16 Å². The molecule has 3 nitrogen and oxygen atoms in total. The topological polar surface area (TPSA) is 35.5 Å². The third-order valence-corrected chi connectivity index (χ3v) is 5.53. The Kier molecular flexibility index (Phi) is 6.03. The van der Waals surface area contributed by atoms with Crippen LogP contribution in [0.2, 0.25) is 13.1 Å². The van der Waals surface area contributed by atoms with Gasteiger partial charge in [-0.25, -0.2) is 0 Å². The van der Waals surface area contributed by atoms with Crippen LogP contribution in [0.5, 0.6) is 0 Å². The minimum atomic E-state index is -1.84. The number of ether oxygens (including phenoxy) is 1. The Bertz CT molecular complexity index is 180. The summed E-state index contributed by atoms with van der Waals surface area (Å²) in [4.78, 5) is 11.3. The van der Waals surface area contributed by atoms with Gasteiger partial charge in [0.05, 0.1) is 0 Å². The summed E-state index contributed by atoms with van der Waals surface area (Å²) in [5.41, 5.74) is -0.0217. The highest BCUT2D eigenvalue weighted by Gasteiger charge is 2.34. The van der Waals surface area contributed by atoms with Gasteiger partial charge in [-0.2, -0.15) is 0 Å². The van der Waals surface area contributed by atoms with E-state index in [0.29, 0.717) is 6.42 Å². The van der Waals surface area contributed by atoms with Crippen molar-refractivity contribution in [2.45, 2.75) is 51.9 Å². The first-order chi connectivity index (χ1) is 6.47. The molecule has 0 fully saturated rings. The molecule has 0 aliphatic rings. The largest absolute Gasteiger partial charge is 0.463 e. The van der Waals surface area contributed by atoms with Crippen LogP contribution in [0.1, 0.15) is 33.1 Å². The molecule has 0 aromatic carbocycles. The lowest BCUT2D eigenvalue weighted by Crippen LogP contribution is -2.46. The third-order valence-electron chi connectivity index (χ3n) is 2.40. The summed E-state index contributed by atoms with van der Waals surface area (Å²) < 4.78 is 10.8. The average Bonchev–Trinajstić information content (AvgIpc) is 2.14. The van der Waals surface area contributed by atoms with E-state index in [9.17, 15) is 4.79 Å². The molecule has 84 valence electrons. The van der Waals surface area contributed by atoms with Crippen molar-refractivity contribution in [1.82, 2.24) is 0 Å². The molecule has 0 aromatic rings. The molecule has 0 rings (SSSR count). The van der Waals surface area contributed by atoms with Gasteiger partial charge in [-0.1, -0.05) is 13.8 Å². The first-order valence-electron chi connectivity index (χ1n) is 5.22. The van der Waals surface area contributed by atoms with Gasteiger partial charge in [-0.15, -0.1) is 0 Å². The summed E-state index contributed by atoms with van der Waals surface area (Å²) in [6.45, 7) is 8.14. The molecule has 1 atom stereocenters. The SMILES string of the molecule is CCCC(=O)OC(CC)[Si](C)(C)OC. The van der Waals surface area contributed by atoms with E-state index < -0.39 is 8.32 Å². The lowest BCUT2D eigenvalue weighted by molar-refractivity contribution is -0.146. The Hall–Kier alpha value is -0.353. The molecule has 0 heterocycles. The zero-order chi connectivity index (χ0) is 11.2. The summed E-state index contributed by atoms with van der Waals surface area (Å²) >= 11 is 0. The van der Waals surface area contributed by atoms with Gasteiger partial charge in [-0.05, 0) is 25.9 Å². The second kappa shape index (κ2) is 6.19. The zero-order valence-corrected chi connectivity index (χ0v) is 10.9. The first-order valence-corrected chi connectivity index (χ1v) is 8.21. The number of hydrogen-bond acceptors (Lipinski definition) is 3. The number of hydrogen-bond donors (Lipinski definition) is 0. The summed E-state index contributed by atoms with van der Waals surface area (Å²) in [6, 6.07) is 0. The van der Waals surface area contributed by atoms with Gasteiger partial charge in [0.25, 0.3) is 0 Å². The first kappa shape index (κ1) is 13.6. The van der Waals surface area contributed by atoms with Crippen molar-refractivity contribution in [3.05, 3.63) is 0 Å².